The normalized spacial score (nSPS) is 9.86. The predicted molar refractivity (Wildman–Crippen MR) is 53.0 cm³/mol. The summed E-state index contributed by atoms with van der Waals surface area (Å²) in [4.78, 5) is 14.8. The minimum absolute atomic E-state index is 0.181. The molecule has 74 valence electrons. The molecule has 0 saturated heterocycles. The molecule has 0 bridgehead atoms. The molecule has 0 aromatic carbocycles. The zero-order chi connectivity index (χ0) is 10.6. The van der Waals surface area contributed by atoms with Crippen molar-refractivity contribution in [3.8, 4) is 0 Å². The molecule has 1 heterocycles. The summed E-state index contributed by atoms with van der Waals surface area (Å²) in [6.07, 6.45) is 3.69. The van der Waals surface area contributed by atoms with Crippen LogP contribution in [0.1, 0.15) is 23.2 Å². The summed E-state index contributed by atoms with van der Waals surface area (Å²) in [5.41, 5.74) is 0.181. The molecular weight excluding hydrogens is 205 g/mol. The Bertz CT molecular complexity index is 365. The fourth-order valence-corrected chi connectivity index (χ4v) is 1.22. The first-order valence-corrected chi connectivity index (χ1v) is 4.48. The minimum atomic E-state index is -0.809. The van der Waals surface area contributed by atoms with Crippen LogP contribution in [0, 0.1) is 5.95 Å². The van der Waals surface area contributed by atoms with Crippen molar-refractivity contribution in [3.05, 3.63) is 41.5 Å². The Balaban J connectivity index is 2.89. The van der Waals surface area contributed by atoms with E-state index in [2.05, 4.69) is 11.6 Å². The first-order chi connectivity index (χ1) is 6.66. The Hall–Kier alpha value is -1.22. The summed E-state index contributed by atoms with van der Waals surface area (Å²) in [5.74, 6) is -1.01. The van der Waals surface area contributed by atoms with Crippen molar-refractivity contribution in [1.29, 1.82) is 0 Å². The molecule has 2 nitrogen and oxygen atoms in total. The van der Waals surface area contributed by atoms with Gasteiger partial charge >= 0.3 is 0 Å². The summed E-state index contributed by atoms with van der Waals surface area (Å²) in [5, 5.41) is -0.207. The van der Waals surface area contributed by atoms with Crippen LogP contribution in [0.2, 0.25) is 5.02 Å². The average molecular weight is 214 g/mol. The first-order valence-electron chi connectivity index (χ1n) is 4.11. The van der Waals surface area contributed by atoms with E-state index in [1.54, 1.807) is 6.08 Å². The first kappa shape index (κ1) is 10.9. The predicted octanol–water partition coefficient (Wildman–Crippen LogP) is 3.02. The number of Topliss-reactive ketones (excluding diaryl/α,β-unsaturated/α-hetero) is 1. The summed E-state index contributed by atoms with van der Waals surface area (Å²) >= 11 is 5.58. The number of hydrogen-bond donors (Lipinski definition) is 0. The summed E-state index contributed by atoms with van der Waals surface area (Å²) in [7, 11) is 0. The van der Waals surface area contributed by atoms with Crippen LogP contribution in [0.25, 0.3) is 0 Å². The van der Waals surface area contributed by atoms with Gasteiger partial charge in [-0.05, 0) is 12.5 Å². The molecule has 0 amide bonds. The van der Waals surface area contributed by atoms with Gasteiger partial charge < -0.3 is 0 Å². The molecule has 1 aromatic heterocycles. The van der Waals surface area contributed by atoms with Crippen molar-refractivity contribution < 1.29 is 9.18 Å². The smallest absolute Gasteiger partial charge is 0.232 e. The minimum Gasteiger partial charge on any atom is -0.294 e. The molecule has 0 spiro atoms. The lowest BCUT2D eigenvalue weighted by molar-refractivity contribution is 0.0983. The van der Waals surface area contributed by atoms with E-state index >= 15 is 0 Å². The fraction of sp³-hybridized carbons (Fsp3) is 0.200. The van der Waals surface area contributed by atoms with E-state index in [4.69, 9.17) is 11.6 Å². The number of hydrogen-bond acceptors (Lipinski definition) is 2. The lowest BCUT2D eigenvalue weighted by Crippen LogP contribution is -2.01. The van der Waals surface area contributed by atoms with Gasteiger partial charge in [0.25, 0.3) is 0 Å². The van der Waals surface area contributed by atoms with E-state index in [0.717, 1.165) is 0 Å². The van der Waals surface area contributed by atoms with E-state index in [1.165, 1.54) is 12.3 Å². The zero-order valence-electron chi connectivity index (χ0n) is 7.46. The van der Waals surface area contributed by atoms with Crippen LogP contribution in [0.4, 0.5) is 4.39 Å². The molecule has 4 heteroatoms. The van der Waals surface area contributed by atoms with Gasteiger partial charge in [-0.3, -0.25) is 4.79 Å². The van der Waals surface area contributed by atoms with E-state index < -0.39 is 5.95 Å². The van der Waals surface area contributed by atoms with Crippen LogP contribution in [-0.2, 0) is 0 Å². The van der Waals surface area contributed by atoms with Gasteiger partial charge in [0.1, 0.15) is 5.02 Å². The average Bonchev–Trinajstić information content (AvgIpc) is 2.18. The molecular formula is C10H9ClFNO. The monoisotopic (exact) mass is 213 g/mol. The second-order valence-electron chi connectivity index (χ2n) is 2.71. The molecule has 0 atom stereocenters. The highest BCUT2D eigenvalue weighted by Crippen LogP contribution is 2.19. The number of pyridine rings is 1. The molecule has 0 saturated carbocycles. The Morgan fingerprint density at radius 2 is 2.43 bits per heavy atom. The third-order valence-electron chi connectivity index (χ3n) is 1.72. The summed E-state index contributed by atoms with van der Waals surface area (Å²) in [6, 6.07) is 1.41. The highest BCUT2D eigenvalue weighted by molar-refractivity contribution is 6.33. The number of carbonyl (C=O) groups excluding carboxylic acids is 1. The number of allylic oxidation sites excluding steroid dienone is 1. The Labute approximate surface area is 86.4 Å². The largest absolute Gasteiger partial charge is 0.294 e. The second-order valence-corrected chi connectivity index (χ2v) is 3.09. The maximum Gasteiger partial charge on any atom is 0.232 e. The van der Waals surface area contributed by atoms with Gasteiger partial charge in [-0.2, -0.15) is 4.39 Å². The molecule has 0 radical (unpaired) electrons. The third kappa shape index (κ3) is 2.39. The van der Waals surface area contributed by atoms with E-state index in [0.29, 0.717) is 6.42 Å². The van der Waals surface area contributed by atoms with Gasteiger partial charge in [0.2, 0.25) is 5.95 Å². The lowest BCUT2D eigenvalue weighted by atomic mass is 10.1. The molecule has 0 aliphatic rings. The van der Waals surface area contributed by atoms with Crippen LogP contribution in [0.5, 0.6) is 0 Å². The van der Waals surface area contributed by atoms with Gasteiger partial charge in [-0.25, -0.2) is 4.98 Å². The summed E-state index contributed by atoms with van der Waals surface area (Å²) < 4.78 is 12.8. The Kier molecular flexibility index (Phi) is 3.77. The number of ketones is 1. The quantitative estimate of drug-likeness (QED) is 0.437. The van der Waals surface area contributed by atoms with Crippen LogP contribution in [-0.4, -0.2) is 10.8 Å². The molecule has 14 heavy (non-hydrogen) atoms. The van der Waals surface area contributed by atoms with Crippen molar-refractivity contribution in [3.63, 3.8) is 0 Å². The number of halogens is 2. The highest BCUT2D eigenvalue weighted by atomic mass is 35.5. The van der Waals surface area contributed by atoms with E-state index in [-0.39, 0.29) is 22.8 Å². The SMILES string of the molecule is C=CCCC(=O)c1ccnc(F)c1Cl. The Morgan fingerprint density at radius 3 is 3.07 bits per heavy atom. The molecule has 1 aromatic rings. The fourth-order valence-electron chi connectivity index (χ4n) is 1.00. The molecule has 0 unspecified atom stereocenters. The molecule has 1 rings (SSSR count). The lowest BCUT2D eigenvalue weighted by Gasteiger charge is -2.01. The van der Waals surface area contributed by atoms with Crippen molar-refractivity contribution >= 4 is 17.4 Å². The zero-order valence-corrected chi connectivity index (χ0v) is 8.22. The van der Waals surface area contributed by atoms with E-state index in [9.17, 15) is 9.18 Å². The molecule has 0 aliphatic carbocycles. The molecule has 0 aliphatic heterocycles. The summed E-state index contributed by atoms with van der Waals surface area (Å²) in [6.45, 7) is 3.49. The van der Waals surface area contributed by atoms with Gasteiger partial charge in [-0.15, -0.1) is 6.58 Å². The van der Waals surface area contributed by atoms with E-state index in [1.807, 2.05) is 0 Å². The number of nitrogens with zero attached hydrogens (tertiary/aromatic N) is 1. The molecule has 0 N–H and O–H groups in total. The van der Waals surface area contributed by atoms with Crippen LogP contribution < -0.4 is 0 Å². The van der Waals surface area contributed by atoms with Gasteiger partial charge in [0.15, 0.2) is 5.78 Å². The number of rotatable bonds is 4. The van der Waals surface area contributed by atoms with Crippen molar-refractivity contribution in [2.45, 2.75) is 12.8 Å². The van der Waals surface area contributed by atoms with Crippen molar-refractivity contribution in [1.82, 2.24) is 4.98 Å². The van der Waals surface area contributed by atoms with Crippen LogP contribution >= 0.6 is 11.6 Å². The topological polar surface area (TPSA) is 30.0 Å². The second kappa shape index (κ2) is 4.86. The van der Waals surface area contributed by atoms with Gasteiger partial charge in [0.05, 0.1) is 0 Å². The van der Waals surface area contributed by atoms with Crippen molar-refractivity contribution in [2.24, 2.45) is 0 Å². The van der Waals surface area contributed by atoms with Gasteiger partial charge in [0, 0.05) is 18.2 Å². The molecule has 0 fully saturated rings. The standard InChI is InChI=1S/C10H9ClFNO/c1-2-3-4-8(14)7-5-6-13-10(12)9(7)11/h2,5-6H,1,3-4H2. The van der Waals surface area contributed by atoms with Crippen molar-refractivity contribution in [2.75, 3.05) is 0 Å². The number of aromatic nitrogens is 1. The highest BCUT2D eigenvalue weighted by Gasteiger charge is 2.13. The number of carbonyl (C=O) groups is 1. The maximum absolute atomic E-state index is 12.8. The Morgan fingerprint density at radius 1 is 1.71 bits per heavy atom. The van der Waals surface area contributed by atoms with Gasteiger partial charge in [-0.1, -0.05) is 17.7 Å². The van der Waals surface area contributed by atoms with Crippen LogP contribution in [0.15, 0.2) is 24.9 Å². The van der Waals surface area contributed by atoms with Crippen LogP contribution in [0.3, 0.4) is 0 Å². The maximum atomic E-state index is 12.8. The third-order valence-corrected chi connectivity index (χ3v) is 2.08.